The van der Waals surface area contributed by atoms with Gasteiger partial charge >= 0.3 is 17.1 Å². The zero-order chi connectivity index (χ0) is 26.1. The third kappa shape index (κ3) is 3.92. The fourth-order valence-corrected chi connectivity index (χ4v) is 5.23. The number of hydrogen-bond donors (Lipinski definition) is 0. The number of hydrogen-bond acceptors (Lipinski definition) is 2. The molecule has 0 amide bonds. The van der Waals surface area contributed by atoms with Crippen LogP contribution in [-0.4, -0.2) is 19.1 Å². The molecule has 0 spiro atoms. The summed E-state index contributed by atoms with van der Waals surface area (Å²) in [5.74, 6) is 1.63. The number of aromatic nitrogens is 6. The van der Waals surface area contributed by atoms with E-state index in [1.807, 2.05) is 36.4 Å². The van der Waals surface area contributed by atoms with Crippen LogP contribution in [0.3, 0.4) is 0 Å². The SMILES string of the molecule is CC1(C)c2cn(-c3ccccc3)c(n2)-c2ccc([n-]2)C(C)(C)c2ccc([n-]2)-c2nc1cn2-c1ccccc1.[Cu+2]. The Bertz CT molecular complexity index is 1640. The largest absolute Gasteiger partial charge is 2.00 e. The average Bonchev–Trinajstić information content (AvgIpc) is 3.73. The van der Waals surface area contributed by atoms with Gasteiger partial charge in [0.1, 0.15) is 11.6 Å². The first-order valence-corrected chi connectivity index (χ1v) is 12.9. The van der Waals surface area contributed by atoms with Crippen molar-refractivity contribution in [1.82, 2.24) is 29.1 Å². The molecule has 197 valence electrons. The Morgan fingerprint density at radius 3 is 1.36 bits per heavy atom. The number of fused-ring (bicyclic) bond motifs is 10. The molecule has 1 radical (unpaired) electrons. The molecule has 5 heterocycles. The van der Waals surface area contributed by atoms with Gasteiger partial charge in [0.2, 0.25) is 0 Å². The molecule has 39 heavy (non-hydrogen) atoms. The summed E-state index contributed by atoms with van der Waals surface area (Å²) in [6.07, 6.45) is 4.26. The first-order chi connectivity index (χ1) is 18.3. The Labute approximate surface area is 238 Å². The van der Waals surface area contributed by atoms with Crippen molar-refractivity contribution in [2.45, 2.75) is 38.5 Å². The molecule has 6 nitrogen and oxygen atoms in total. The molecule has 0 fully saturated rings. The van der Waals surface area contributed by atoms with E-state index < -0.39 is 5.41 Å². The van der Waals surface area contributed by atoms with Gasteiger partial charge in [0.15, 0.2) is 0 Å². The van der Waals surface area contributed by atoms with Gasteiger partial charge in [-0.2, -0.15) is 11.4 Å². The van der Waals surface area contributed by atoms with Crippen LogP contribution >= 0.6 is 0 Å². The molecule has 0 N–H and O–H groups in total. The van der Waals surface area contributed by atoms with E-state index in [-0.39, 0.29) is 22.5 Å². The smallest absolute Gasteiger partial charge is 0.658 e. The molecule has 6 aromatic rings. The van der Waals surface area contributed by atoms with Gasteiger partial charge in [0, 0.05) is 23.8 Å². The van der Waals surface area contributed by atoms with Crippen LogP contribution in [0.15, 0.2) is 97.3 Å². The van der Waals surface area contributed by atoms with Crippen molar-refractivity contribution in [2.24, 2.45) is 0 Å². The van der Waals surface area contributed by atoms with Gasteiger partial charge in [-0.15, -0.1) is 0 Å². The van der Waals surface area contributed by atoms with E-state index in [0.717, 1.165) is 57.2 Å². The summed E-state index contributed by atoms with van der Waals surface area (Å²) in [4.78, 5) is 20.6. The Hall–Kier alpha value is -4.06. The van der Waals surface area contributed by atoms with Gasteiger partial charge in [0.25, 0.3) is 0 Å². The van der Waals surface area contributed by atoms with Crippen molar-refractivity contribution in [1.29, 1.82) is 0 Å². The first kappa shape index (κ1) is 25.2. The summed E-state index contributed by atoms with van der Waals surface area (Å²) in [6, 6.07) is 29.0. The molecule has 1 aliphatic heterocycles. The van der Waals surface area contributed by atoms with Gasteiger partial charge in [0.05, 0.1) is 16.8 Å². The number of para-hydroxylation sites is 2. The van der Waals surface area contributed by atoms with Crippen molar-refractivity contribution in [3.8, 4) is 34.4 Å². The number of nitrogens with zero attached hydrogens (tertiary/aromatic N) is 6. The second kappa shape index (κ2) is 9.01. The van der Waals surface area contributed by atoms with Crippen LogP contribution in [0, 0.1) is 0 Å². The second-order valence-electron chi connectivity index (χ2n) is 11.0. The Balaban J connectivity index is 0.00000277. The van der Waals surface area contributed by atoms with Crippen LogP contribution < -0.4 is 9.97 Å². The van der Waals surface area contributed by atoms with Crippen molar-refractivity contribution in [3.05, 3.63) is 120 Å². The van der Waals surface area contributed by atoms with Crippen LogP contribution in [0.1, 0.15) is 50.5 Å². The van der Waals surface area contributed by atoms with E-state index in [2.05, 4.69) is 97.8 Å². The summed E-state index contributed by atoms with van der Waals surface area (Å²) in [6.45, 7) is 8.70. The van der Waals surface area contributed by atoms with E-state index in [4.69, 9.17) is 19.9 Å². The summed E-state index contributed by atoms with van der Waals surface area (Å²) in [5, 5.41) is 0. The maximum atomic E-state index is 5.21. The second-order valence-corrected chi connectivity index (χ2v) is 11.0. The number of rotatable bonds is 2. The average molecular weight is 560 g/mol. The molecule has 4 aromatic heterocycles. The van der Waals surface area contributed by atoms with Crippen LogP contribution in [0.25, 0.3) is 34.4 Å². The predicted molar refractivity (Wildman–Crippen MR) is 149 cm³/mol. The summed E-state index contributed by atoms with van der Waals surface area (Å²) < 4.78 is 4.28. The molecular weight excluding hydrogens is 532 g/mol. The molecular formula is C32H28CuN6. The van der Waals surface area contributed by atoms with Crippen molar-refractivity contribution in [3.63, 3.8) is 0 Å². The molecule has 7 rings (SSSR count). The zero-order valence-corrected chi connectivity index (χ0v) is 23.2. The van der Waals surface area contributed by atoms with Gasteiger partial charge in [-0.3, -0.25) is 0 Å². The van der Waals surface area contributed by atoms with Gasteiger partial charge < -0.3 is 19.1 Å². The van der Waals surface area contributed by atoms with E-state index in [0.29, 0.717) is 0 Å². The van der Waals surface area contributed by atoms with E-state index in [1.165, 1.54) is 0 Å². The first-order valence-electron chi connectivity index (χ1n) is 12.9. The molecule has 7 heteroatoms. The van der Waals surface area contributed by atoms with Crippen molar-refractivity contribution >= 4 is 0 Å². The zero-order valence-electron chi connectivity index (χ0n) is 22.2. The van der Waals surface area contributed by atoms with Gasteiger partial charge in [-0.05, 0) is 43.5 Å². The minimum Gasteiger partial charge on any atom is -0.658 e. The van der Waals surface area contributed by atoms with Crippen LogP contribution in [-0.2, 0) is 27.9 Å². The van der Waals surface area contributed by atoms with Gasteiger partial charge in [-0.1, -0.05) is 85.9 Å². The summed E-state index contributed by atoms with van der Waals surface area (Å²) >= 11 is 0. The third-order valence-electron chi connectivity index (χ3n) is 7.78. The monoisotopic (exact) mass is 559 g/mol. The molecule has 2 aromatic carbocycles. The normalized spacial score (nSPS) is 14.9. The molecule has 0 atom stereocenters. The molecule has 0 saturated heterocycles. The van der Waals surface area contributed by atoms with Crippen LogP contribution in [0.4, 0.5) is 0 Å². The van der Waals surface area contributed by atoms with E-state index >= 15 is 0 Å². The molecule has 0 saturated carbocycles. The standard InChI is InChI=1S/C32H28N6.Cu/c1-31(2)25-17-15-23(33-25)29-35-27(19-37(29)21-11-7-5-8-12-21)32(3,4)28-20-38(22-13-9-6-10-14-22)30(36-28)24-16-18-26(31)34-24;/h5-20H,1-4H3;/q-2;+2. The minimum atomic E-state index is -0.474. The predicted octanol–water partition coefficient (Wildman–Crippen LogP) is 6.27. The maximum Gasteiger partial charge on any atom is 2.00 e. The van der Waals surface area contributed by atoms with Crippen molar-refractivity contribution < 1.29 is 17.1 Å². The fraction of sp³-hybridized carbons (Fsp3) is 0.188. The fourth-order valence-electron chi connectivity index (χ4n) is 5.23. The van der Waals surface area contributed by atoms with Crippen LogP contribution in [0.5, 0.6) is 0 Å². The Morgan fingerprint density at radius 2 is 0.949 bits per heavy atom. The number of imidazole rings is 2. The maximum absolute atomic E-state index is 5.21. The third-order valence-corrected chi connectivity index (χ3v) is 7.78. The molecule has 8 bridgehead atoms. The summed E-state index contributed by atoms with van der Waals surface area (Å²) in [5.41, 5.74) is 6.70. The van der Waals surface area contributed by atoms with Gasteiger partial charge in [-0.25, -0.2) is 9.97 Å². The topological polar surface area (TPSA) is 63.8 Å². The van der Waals surface area contributed by atoms with E-state index in [9.17, 15) is 0 Å². The molecule has 0 unspecified atom stereocenters. The molecule has 1 aliphatic rings. The summed E-state index contributed by atoms with van der Waals surface area (Å²) in [7, 11) is 0. The Morgan fingerprint density at radius 1 is 0.538 bits per heavy atom. The minimum absolute atomic E-state index is 0. The van der Waals surface area contributed by atoms with E-state index in [1.54, 1.807) is 0 Å². The Kier molecular flexibility index (Phi) is 5.83. The number of benzene rings is 2. The quantitative estimate of drug-likeness (QED) is 0.235. The van der Waals surface area contributed by atoms with Crippen molar-refractivity contribution in [2.75, 3.05) is 0 Å². The molecule has 0 aliphatic carbocycles. The van der Waals surface area contributed by atoms with Crippen LogP contribution in [0.2, 0.25) is 0 Å².